The summed E-state index contributed by atoms with van der Waals surface area (Å²) in [4.78, 5) is 24.0. The third kappa shape index (κ3) is 2.66. The van der Waals surface area contributed by atoms with Crippen molar-refractivity contribution in [1.29, 1.82) is 0 Å². The van der Waals surface area contributed by atoms with Gasteiger partial charge < -0.3 is 0 Å². The van der Waals surface area contributed by atoms with E-state index in [1.807, 2.05) is 24.3 Å². The molecule has 1 aromatic carbocycles. The molecule has 1 N–H and O–H groups in total. The fourth-order valence-corrected chi connectivity index (χ4v) is 3.94. The molecule has 3 rings (SSSR count). The van der Waals surface area contributed by atoms with Crippen LogP contribution in [0.2, 0.25) is 0 Å². The lowest BCUT2D eigenvalue weighted by Gasteiger charge is -2.34. The Balaban J connectivity index is 1.92. The van der Waals surface area contributed by atoms with E-state index in [0.29, 0.717) is 12.3 Å². The Labute approximate surface area is 127 Å². The molecule has 106 valence electrons. The largest absolute Gasteiger partial charge is 0.296 e. The summed E-state index contributed by atoms with van der Waals surface area (Å²) in [7, 11) is 0. The van der Waals surface area contributed by atoms with Gasteiger partial charge in [0.2, 0.25) is 11.8 Å². The number of hydrogen-bond acceptors (Lipinski definition) is 2. The standard InChI is InChI=1S/C16H18BrNO2/c17-12-7-5-10(6-8-12)13-9-14(19)18-16(20)15(13)11-3-1-2-4-11/h5-8,11,13,15H,1-4,9H2,(H,18,19,20). The van der Waals surface area contributed by atoms with Crippen molar-refractivity contribution in [3.8, 4) is 0 Å². The second-order valence-electron chi connectivity index (χ2n) is 5.84. The van der Waals surface area contributed by atoms with E-state index in [0.717, 1.165) is 22.9 Å². The smallest absolute Gasteiger partial charge is 0.230 e. The van der Waals surface area contributed by atoms with Crippen molar-refractivity contribution in [3.05, 3.63) is 34.3 Å². The first-order valence-corrected chi connectivity index (χ1v) is 8.03. The number of carbonyl (C=O) groups excluding carboxylic acids is 2. The number of benzene rings is 1. The summed E-state index contributed by atoms with van der Waals surface area (Å²) in [6.07, 6.45) is 5.05. The van der Waals surface area contributed by atoms with Crippen LogP contribution < -0.4 is 5.32 Å². The van der Waals surface area contributed by atoms with Crippen molar-refractivity contribution in [1.82, 2.24) is 5.32 Å². The lowest BCUT2D eigenvalue weighted by atomic mass is 9.73. The second kappa shape index (κ2) is 5.68. The Morgan fingerprint density at radius 3 is 2.35 bits per heavy atom. The van der Waals surface area contributed by atoms with Crippen LogP contribution in [0.15, 0.2) is 28.7 Å². The van der Waals surface area contributed by atoms with Gasteiger partial charge in [0, 0.05) is 22.7 Å². The normalized spacial score (nSPS) is 27.6. The number of nitrogens with one attached hydrogen (secondary N) is 1. The highest BCUT2D eigenvalue weighted by Crippen LogP contribution is 2.42. The van der Waals surface area contributed by atoms with E-state index in [4.69, 9.17) is 0 Å². The number of hydrogen-bond donors (Lipinski definition) is 1. The van der Waals surface area contributed by atoms with E-state index in [1.54, 1.807) is 0 Å². The Morgan fingerprint density at radius 2 is 1.70 bits per heavy atom. The van der Waals surface area contributed by atoms with Crippen molar-refractivity contribution in [2.75, 3.05) is 0 Å². The minimum absolute atomic E-state index is 0.0347. The molecule has 0 radical (unpaired) electrons. The van der Waals surface area contributed by atoms with Gasteiger partial charge in [-0.25, -0.2) is 0 Å². The summed E-state index contributed by atoms with van der Waals surface area (Å²) in [5.41, 5.74) is 1.10. The molecule has 0 aromatic heterocycles. The van der Waals surface area contributed by atoms with Crippen LogP contribution in [-0.4, -0.2) is 11.8 Å². The van der Waals surface area contributed by atoms with Crippen LogP contribution in [0.4, 0.5) is 0 Å². The molecule has 3 nitrogen and oxygen atoms in total. The van der Waals surface area contributed by atoms with E-state index in [2.05, 4.69) is 21.2 Å². The first-order valence-electron chi connectivity index (χ1n) is 7.24. The van der Waals surface area contributed by atoms with Gasteiger partial charge in [-0.05, 0) is 36.5 Å². The fourth-order valence-electron chi connectivity index (χ4n) is 3.68. The topological polar surface area (TPSA) is 46.2 Å². The quantitative estimate of drug-likeness (QED) is 0.842. The van der Waals surface area contributed by atoms with Gasteiger partial charge in [-0.15, -0.1) is 0 Å². The number of amides is 2. The number of imide groups is 1. The zero-order chi connectivity index (χ0) is 14.1. The molecular weight excluding hydrogens is 318 g/mol. The van der Waals surface area contributed by atoms with Crippen molar-refractivity contribution >= 4 is 27.7 Å². The Kier molecular flexibility index (Phi) is 3.92. The molecule has 0 bridgehead atoms. The van der Waals surface area contributed by atoms with Crippen LogP contribution in [0.5, 0.6) is 0 Å². The second-order valence-corrected chi connectivity index (χ2v) is 6.76. The number of piperidine rings is 1. The van der Waals surface area contributed by atoms with Crippen molar-refractivity contribution in [2.24, 2.45) is 11.8 Å². The number of halogens is 1. The number of carbonyl (C=O) groups is 2. The average molecular weight is 336 g/mol. The van der Waals surface area contributed by atoms with E-state index in [9.17, 15) is 9.59 Å². The molecule has 1 aliphatic heterocycles. The van der Waals surface area contributed by atoms with E-state index >= 15 is 0 Å². The zero-order valence-corrected chi connectivity index (χ0v) is 12.9. The van der Waals surface area contributed by atoms with Crippen LogP contribution in [0.1, 0.15) is 43.6 Å². The summed E-state index contributed by atoms with van der Waals surface area (Å²) >= 11 is 3.43. The first kappa shape index (κ1) is 13.8. The maximum Gasteiger partial charge on any atom is 0.230 e. The van der Waals surface area contributed by atoms with E-state index in [-0.39, 0.29) is 23.7 Å². The highest BCUT2D eigenvalue weighted by molar-refractivity contribution is 9.10. The van der Waals surface area contributed by atoms with Gasteiger partial charge in [0.05, 0.1) is 0 Å². The van der Waals surface area contributed by atoms with Crippen LogP contribution in [0.3, 0.4) is 0 Å². The van der Waals surface area contributed by atoms with Crippen LogP contribution in [0, 0.1) is 11.8 Å². The maximum atomic E-state index is 12.3. The van der Waals surface area contributed by atoms with Crippen LogP contribution >= 0.6 is 15.9 Å². The molecule has 4 heteroatoms. The van der Waals surface area contributed by atoms with Gasteiger partial charge in [-0.1, -0.05) is 40.9 Å². The predicted molar refractivity (Wildman–Crippen MR) is 80.1 cm³/mol. The molecular formula is C16H18BrNO2. The molecule has 1 saturated heterocycles. The van der Waals surface area contributed by atoms with Gasteiger partial charge in [0.25, 0.3) is 0 Å². The van der Waals surface area contributed by atoms with E-state index < -0.39 is 0 Å². The number of rotatable bonds is 2. The maximum absolute atomic E-state index is 12.3. The van der Waals surface area contributed by atoms with E-state index in [1.165, 1.54) is 12.8 Å². The Morgan fingerprint density at radius 1 is 1.05 bits per heavy atom. The zero-order valence-electron chi connectivity index (χ0n) is 11.3. The molecule has 2 fully saturated rings. The molecule has 2 unspecified atom stereocenters. The molecule has 2 atom stereocenters. The molecule has 0 spiro atoms. The van der Waals surface area contributed by atoms with Crippen molar-refractivity contribution in [2.45, 2.75) is 38.0 Å². The summed E-state index contributed by atoms with van der Waals surface area (Å²) in [6.45, 7) is 0. The molecule has 1 saturated carbocycles. The Bertz CT molecular complexity index is 520. The minimum Gasteiger partial charge on any atom is -0.296 e. The van der Waals surface area contributed by atoms with Gasteiger partial charge in [0.1, 0.15) is 0 Å². The molecule has 2 aliphatic rings. The molecule has 2 amide bonds. The van der Waals surface area contributed by atoms with Gasteiger partial charge >= 0.3 is 0 Å². The lowest BCUT2D eigenvalue weighted by molar-refractivity contribution is -0.138. The lowest BCUT2D eigenvalue weighted by Crippen LogP contribution is -2.47. The monoisotopic (exact) mass is 335 g/mol. The third-order valence-corrected chi connectivity index (χ3v) is 5.14. The minimum atomic E-state index is -0.142. The summed E-state index contributed by atoms with van der Waals surface area (Å²) in [5.74, 6) is 0.207. The molecule has 1 aromatic rings. The van der Waals surface area contributed by atoms with Gasteiger partial charge in [-0.3, -0.25) is 14.9 Å². The predicted octanol–water partition coefficient (Wildman–Crippen LogP) is 3.39. The van der Waals surface area contributed by atoms with Gasteiger partial charge in [-0.2, -0.15) is 0 Å². The first-order chi connectivity index (χ1) is 9.65. The molecule has 20 heavy (non-hydrogen) atoms. The third-order valence-electron chi connectivity index (χ3n) is 4.61. The summed E-state index contributed by atoms with van der Waals surface area (Å²) in [6, 6.07) is 8.03. The SMILES string of the molecule is O=C1CC(c2ccc(Br)cc2)C(C2CCCC2)C(=O)N1. The Hall–Kier alpha value is -1.16. The highest BCUT2D eigenvalue weighted by atomic mass is 79.9. The highest BCUT2D eigenvalue weighted by Gasteiger charge is 2.42. The molecule has 1 heterocycles. The van der Waals surface area contributed by atoms with Crippen LogP contribution in [0.25, 0.3) is 0 Å². The van der Waals surface area contributed by atoms with Gasteiger partial charge in [0.15, 0.2) is 0 Å². The van der Waals surface area contributed by atoms with Crippen LogP contribution in [-0.2, 0) is 9.59 Å². The van der Waals surface area contributed by atoms with Crippen molar-refractivity contribution < 1.29 is 9.59 Å². The summed E-state index contributed by atoms with van der Waals surface area (Å²) < 4.78 is 1.02. The molecule has 1 aliphatic carbocycles. The van der Waals surface area contributed by atoms with Crippen molar-refractivity contribution in [3.63, 3.8) is 0 Å². The fraction of sp³-hybridized carbons (Fsp3) is 0.500. The average Bonchev–Trinajstić information content (AvgIpc) is 2.92. The summed E-state index contributed by atoms with van der Waals surface area (Å²) in [5, 5.41) is 2.53.